The van der Waals surface area contributed by atoms with Gasteiger partial charge < -0.3 is 5.32 Å². The van der Waals surface area contributed by atoms with E-state index in [1.54, 1.807) is 6.07 Å². The molecule has 0 spiro atoms. The number of halogens is 5. The van der Waals surface area contributed by atoms with Crippen LogP contribution in [0.5, 0.6) is 0 Å². The number of nitrogens with one attached hydrogen (secondary N) is 1. The summed E-state index contributed by atoms with van der Waals surface area (Å²) in [5.74, 6) is -1.90. The average Bonchev–Trinajstić information content (AvgIpc) is 3.02. The molecular formula is C16H9BrF4N4O. The first-order chi connectivity index (χ1) is 12.3. The highest BCUT2D eigenvalue weighted by molar-refractivity contribution is 9.10. The van der Waals surface area contributed by atoms with Crippen molar-refractivity contribution in [3.8, 4) is 5.69 Å². The zero-order chi connectivity index (χ0) is 18.9. The van der Waals surface area contributed by atoms with Crippen molar-refractivity contribution in [3.05, 3.63) is 70.3 Å². The number of alkyl halides is 3. The van der Waals surface area contributed by atoms with Crippen LogP contribution in [0.4, 0.5) is 23.4 Å². The van der Waals surface area contributed by atoms with Crippen molar-refractivity contribution in [3.63, 3.8) is 0 Å². The van der Waals surface area contributed by atoms with Gasteiger partial charge in [-0.25, -0.2) is 14.1 Å². The van der Waals surface area contributed by atoms with Crippen LogP contribution in [0.3, 0.4) is 0 Å². The van der Waals surface area contributed by atoms with Crippen LogP contribution in [0.2, 0.25) is 0 Å². The van der Waals surface area contributed by atoms with Crippen molar-refractivity contribution in [1.82, 2.24) is 14.8 Å². The third-order valence-electron chi connectivity index (χ3n) is 3.33. The fourth-order valence-corrected chi connectivity index (χ4v) is 2.46. The topological polar surface area (TPSA) is 59.8 Å². The molecule has 3 rings (SSSR count). The number of carbonyl (C=O) groups is 1. The van der Waals surface area contributed by atoms with Crippen LogP contribution in [0.1, 0.15) is 16.1 Å². The predicted octanol–water partition coefficient (Wildman–Crippen LogP) is 4.44. The van der Waals surface area contributed by atoms with Gasteiger partial charge >= 0.3 is 6.18 Å². The number of para-hydroxylation sites is 1. The number of pyridine rings is 1. The molecule has 0 bridgehead atoms. The van der Waals surface area contributed by atoms with Gasteiger partial charge in [0.15, 0.2) is 5.69 Å². The first-order valence-electron chi connectivity index (χ1n) is 7.10. The standard InChI is InChI=1S/C16H9BrF4N4O/c17-9-5-6-13(22-7-9)24-15(26)10-8-23-25(14(10)16(19,20)21)12-4-2-1-3-11(12)18/h1-8H,(H,22,24,26). The minimum Gasteiger partial charge on any atom is -0.306 e. The molecular weight excluding hydrogens is 420 g/mol. The number of benzene rings is 1. The Morgan fingerprint density at radius 2 is 1.85 bits per heavy atom. The number of rotatable bonds is 3. The first kappa shape index (κ1) is 18.1. The number of nitrogens with zero attached hydrogens (tertiary/aromatic N) is 3. The smallest absolute Gasteiger partial charge is 0.306 e. The maximum atomic E-state index is 13.9. The molecule has 1 N–H and O–H groups in total. The predicted molar refractivity (Wildman–Crippen MR) is 88.4 cm³/mol. The van der Waals surface area contributed by atoms with E-state index in [2.05, 4.69) is 31.3 Å². The van der Waals surface area contributed by atoms with Crippen LogP contribution in [-0.4, -0.2) is 20.7 Å². The lowest BCUT2D eigenvalue weighted by Gasteiger charge is -2.13. The van der Waals surface area contributed by atoms with Gasteiger partial charge in [0.2, 0.25) is 0 Å². The molecule has 26 heavy (non-hydrogen) atoms. The van der Waals surface area contributed by atoms with Crippen molar-refractivity contribution >= 4 is 27.7 Å². The van der Waals surface area contributed by atoms with Crippen LogP contribution >= 0.6 is 15.9 Å². The summed E-state index contributed by atoms with van der Waals surface area (Å²) in [6.45, 7) is 0. The second-order valence-electron chi connectivity index (χ2n) is 5.08. The second kappa shape index (κ2) is 6.87. The number of hydrogen-bond donors (Lipinski definition) is 1. The molecule has 0 atom stereocenters. The molecule has 0 unspecified atom stereocenters. The fourth-order valence-electron chi connectivity index (χ4n) is 2.23. The maximum absolute atomic E-state index is 13.9. The third-order valence-corrected chi connectivity index (χ3v) is 3.80. The van der Waals surface area contributed by atoms with Gasteiger partial charge in [0.1, 0.15) is 17.3 Å². The highest BCUT2D eigenvalue weighted by atomic mass is 79.9. The molecule has 0 saturated heterocycles. The van der Waals surface area contributed by atoms with E-state index >= 15 is 0 Å². The molecule has 1 aromatic carbocycles. The van der Waals surface area contributed by atoms with Crippen LogP contribution in [0.15, 0.2) is 53.3 Å². The Hall–Kier alpha value is -2.75. The Labute approximate surface area is 152 Å². The summed E-state index contributed by atoms with van der Waals surface area (Å²) < 4.78 is 55.5. The summed E-state index contributed by atoms with van der Waals surface area (Å²) in [6, 6.07) is 7.82. The molecule has 0 aliphatic rings. The molecule has 1 amide bonds. The molecule has 3 aromatic rings. The molecule has 0 radical (unpaired) electrons. The quantitative estimate of drug-likeness (QED) is 0.627. The summed E-state index contributed by atoms with van der Waals surface area (Å²) in [5, 5.41) is 5.82. The Balaban J connectivity index is 2.04. The van der Waals surface area contributed by atoms with Crippen molar-refractivity contribution < 1.29 is 22.4 Å². The maximum Gasteiger partial charge on any atom is 0.434 e. The lowest BCUT2D eigenvalue weighted by molar-refractivity contribution is -0.143. The minimum atomic E-state index is -4.93. The number of amides is 1. The number of anilines is 1. The highest BCUT2D eigenvalue weighted by Crippen LogP contribution is 2.34. The largest absolute Gasteiger partial charge is 0.434 e. The van der Waals surface area contributed by atoms with Gasteiger partial charge in [-0.2, -0.15) is 18.3 Å². The zero-order valence-electron chi connectivity index (χ0n) is 12.8. The van der Waals surface area contributed by atoms with Gasteiger partial charge in [-0.3, -0.25) is 4.79 Å². The van der Waals surface area contributed by atoms with Crippen LogP contribution in [-0.2, 0) is 6.18 Å². The number of aromatic nitrogens is 3. The molecule has 0 aliphatic heterocycles. The number of carbonyl (C=O) groups excluding carboxylic acids is 1. The number of hydrogen-bond acceptors (Lipinski definition) is 3. The average molecular weight is 429 g/mol. The summed E-state index contributed by atoms with van der Waals surface area (Å²) in [5.41, 5.74) is -2.54. The van der Waals surface area contributed by atoms with E-state index in [9.17, 15) is 22.4 Å². The normalized spacial score (nSPS) is 11.4. The van der Waals surface area contributed by atoms with E-state index in [1.165, 1.54) is 24.4 Å². The first-order valence-corrected chi connectivity index (χ1v) is 7.89. The Bertz CT molecular complexity index is 954. The van der Waals surface area contributed by atoms with Crippen molar-refractivity contribution in [1.29, 1.82) is 0 Å². The Morgan fingerprint density at radius 3 is 2.46 bits per heavy atom. The Kier molecular flexibility index (Phi) is 4.77. The molecule has 134 valence electrons. The molecule has 0 saturated carbocycles. The van der Waals surface area contributed by atoms with E-state index in [0.717, 1.165) is 18.3 Å². The second-order valence-corrected chi connectivity index (χ2v) is 6.00. The lowest BCUT2D eigenvalue weighted by atomic mass is 10.2. The molecule has 2 aromatic heterocycles. The summed E-state index contributed by atoms with van der Waals surface area (Å²) in [7, 11) is 0. The molecule has 0 fully saturated rings. The molecule has 5 nitrogen and oxygen atoms in total. The van der Waals surface area contributed by atoms with Gasteiger partial charge in [0, 0.05) is 10.7 Å². The monoisotopic (exact) mass is 428 g/mol. The van der Waals surface area contributed by atoms with Gasteiger partial charge in [-0.1, -0.05) is 12.1 Å². The van der Waals surface area contributed by atoms with E-state index in [4.69, 9.17) is 0 Å². The van der Waals surface area contributed by atoms with E-state index in [0.29, 0.717) is 9.15 Å². The fraction of sp³-hybridized carbons (Fsp3) is 0.0625. The van der Waals surface area contributed by atoms with Gasteiger partial charge in [0.25, 0.3) is 5.91 Å². The van der Waals surface area contributed by atoms with Crippen molar-refractivity contribution in [2.45, 2.75) is 6.18 Å². The van der Waals surface area contributed by atoms with Crippen LogP contribution in [0.25, 0.3) is 5.69 Å². The Morgan fingerprint density at radius 1 is 1.12 bits per heavy atom. The van der Waals surface area contributed by atoms with E-state index in [-0.39, 0.29) is 5.82 Å². The van der Waals surface area contributed by atoms with Crippen LogP contribution in [0, 0.1) is 5.82 Å². The van der Waals surface area contributed by atoms with Gasteiger partial charge in [-0.05, 0) is 40.2 Å². The summed E-state index contributed by atoms with van der Waals surface area (Å²) >= 11 is 3.16. The van der Waals surface area contributed by atoms with Crippen molar-refractivity contribution in [2.75, 3.05) is 5.32 Å². The van der Waals surface area contributed by atoms with Gasteiger partial charge in [0.05, 0.1) is 11.8 Å². The molecule has 10 heteroatoms. The summed E-state index contributed by atoms with van der Waals surface area (Å²) in [4.78, 5) is 16.2. The lowest BCUT2D eigenvalue weighted by Crippen LogP contribution is -2.21. The zero-order valence-corrected chi connectivity index (χ0v) is 14.3. The molecule has 0 aliphatic carbocycles. The highest BCUT2D eigenvalue weighted by Gasteiger charge is 2.41. The van der Waals surface area contributed by atoms with Crippen molar-refractivity contribution in [2.24, 2.45) is 0 Å². The molecule has 2 heterocycles. The SMILES string of the molecule is O=C(Nc1ccc(Br)cn1)c1cnn(-c2ccccc2F)c1C(F)(F)F. The summed E-state index contributed by atoms with van der Waals surface area (Å²) in [6.07, 6.45) is -2.81. The minimum absolute atomic E-state index is 0.0602. The van der Waals surface area contributed by atoms with E-state index < -0.39 is 34.8 Å². The van der Waals surface area contributed by atoms with Gasteiger partial charge in [-0.15, -0.1) is 0 Å². The van der Waals surface area contributed by atoms with Crippen LogP contribution < -0.4 is 5.32 Å². The third kappa shape index (κ3) is 3.59. The van der Waals surface area contributed by atoms with E-state index in [1.807, 2.05) is 0 Å².